The quantitative estimate of drug-likeness (QED) is 0.660. The molecule has 0 radical (unpaired) electrons. The number of carbonyl (C=O) groups is 2. The highest BCUT2D eigenvalue weighted by atomic mass is 16.5. The van der Waals surface area contributed by atoms with Gasteiger partial charge < -0.3 is 9.63 Å². The second kappa shape index (κ2) is 9.27. The Morgan fingerprint density at radius 2 is 1.96 bits per heavy atom. The zero-order chi connectivity index (χ0) is 19.8. The van der Waals surface area contributed by atoms with E-state index in [1.807, 2.05) is 55.8 Å². The number of aromatic nitrogens is 4. The minimum Gasteiger partial charge on any atom is -0.483 e. The molecule has 142 valence electrons. The lowest BCUT2D eigenvalue weighted by Gasteiger charge is -2.05. The Kier molecular flexibility index (Phi) is 6.81. The first kappa shape index (κ1) is 19.8. The maximum absolute atomic E-state index is 12.3. The molecule has 0 saturated heterocycles. The summed E-state index contributed by atoms with van der Waals surface area (Å²) in [5.41, 5.74) is 3.63. The highest BCUT2D eigenvalue weighted by Crippen LogP contribution is 2.18. The van der Waals surface area contributed by atoms with Gasteiger partial charge in [-0.25, -0.2) is 4.68 Å². The van der Waals surface area contributed by atoms with E-state index in [1.165, 1.54) is 0 Å². The monoisotopic (exact) mass is 371 g/mol. The maximum Gasteiger partial charge on any atom is 0.328 e. The van der Waals surface area contributed by atoms with Gasteiger partial charge in [-0.3, -0.25) is 14.9 Å². The zero-order valence-electron chi connectivity index (χ0n) is 15.3. The fourth-order valence-electron chi connectivity index (χ4n) is 2.52. The number of aryl methyl sites for hydroxylation is 2. The summed E-state index contributed by atoms with van der Waals surface area (Å²) < 4.78 is 6.83. The van der Waals surface area contributed by atoms with Crippen LogP contribution in [-0.2, 0) is 22.4 Å². The van der Waals surface area contributed by atoms with Crippen LogP contribution < -0.4 is 5.32 Å². The normalized spacial score (nSPS) is 10.0. The molecule has 9 nitrogen and oxygen atoms in total. The summed E-state index contributed by atoms with van der Waals surface area (Å²) in [5.74, 6) is 0.356. The molecule has 3 rings (SSSR count). The summed E-state index contributed by atoms with van der Waals surface area (Å²) >= 11 is 0. The highest BCUT2D eigenvalue weighted by Gasteiger charge is 2.17. The minimum atomic E-state index is -0.250. The van der Waals surface area contributed by atoms with E-state index >= 15 is 0 Å². The molecule has 0 aliphatic rings. The minimum absolute atomic E-state index is 0.127. The van der Waals surface area contributed by atoms with E-state index in [1.54, 1.807) is 0 Å². The molecule has 0 spiro atoms. The summed E-state index contributed by atoms with van der Waals surface area (Å²) in [6, 6.07) is 9.96. The van der Waals surface area contributed by atoms with Gasteiger partial charge in [0.15, 0.2) is 5.82 Å². The van der Waals surface area contributed by atoms with Crippen molar-refractivity contribution in [1.82, 2.24) is 19.9 Å². The van der Waals surface area contributed by atoms with E-state index in [2.05, 4.69) is 20.6 Å². The lowest BCUT2D eigenvalue weighted by Crippen LogP contribution is -2.15. The van der Waals surface area contributed by atoms with Crippen LogP contribution in [0, 0.1) is 13.8 Å². The topological polar surface area (TPSA) is 123 Å². The largest absolute Gasteiger partial charge is 0.483 e. The lowest BCUT2D eigenvalue weighted by atomic mass is 10.1. The second-order valence-corrected chi connectivity index (χ2v) is 5.60. The lowest BCUT2D eigenvalue weighted by molar-refractivity contribution is -0.123. The standard InChI is InChI=1S/C17H19N5O2.CH2O2/c1-4-15-18-17(24-21-15)19-16(23)10-14-11(2)20-22(12(14)3)13-8-6-5-7-9-13;2-1-3/h5-9H,4,10H2,1-3H3,(H,18,19,21,23);1H,(H,2,3). The molecular formula is C18H21N5O4. The molecule has 0 aliphatic carbocycles. The first-order valence-corrected chi connectivity index (χ1v) is 8.30. The summed E-state index contributed by atoms with van der Waals surface area (Å²) in [4.78, 5) is 24.7. The number of anilines is 1. The van der Waals surface area contributed by atoms with Crippen molar-refractivity contribution in [1.29, 1.82) is 0 Å². The first-order valence-electron chi connectivity index (χ1n) is 8.30. The van der Waals surface area contributed by atoms with Gasteiger partial charge in [0.05, 0.1) is 17.8 Å². The Labute approximate surface area is 156 Å². The number of hydrogen-bond donors (Lipinski definition) is 2. The fraction of sp³-hybridized carbons (Fsp3) is 0.278. The predicted octanol–water partition coefficient (Wildman–Crippen LogP) is 2.32. The third-order valence-corrected chi connectivity index (χ3v) is 3.81. The second-order valence-electron chi connectivity index (χ2n) is 5.60. The van der Waals surface area contributed by atoms with E-state index in [-0.39, 0.29) is 24.8 Å². The zero-order valence-corrected chi connectivity index (χ0v) is 15.3. The van der Waals surface area contributed by atoms with Gasteiger partial charge >= 0.3 is 6.01 Å². The van der Waals surface area contributed by atoms with Crippen LogP contribution in [0.5, 0.6) is 0 Å². The van der Waals surface area contributed by atoms with Crippen LogP contribution in [-0.4, -0.2) is 37.4 Å². The molecule has 2 N–H and O–H groups in total. The summed E-state index contributed by atoms with van der Waals surface area (Å²) in [6.45, 7) is 5.52. The van der Waals surface area contributed by atoms with Crippen LogP contribution >= 0.6 is 0 Å². The van der Waals surface area contributed by atoms with E-state index in [0.717, 1.165) is 22.6 Å². The van der Waals surface area contributed by atoms with Crippen molar-refractivity contribution in [3.05, 3.63) is 53.1 Å². The first-order chi connectivity index (χ1) is 13.0. The fourth-order valence-corrected chi connectivity index (χ4v) is 2.52. The molecule has 0 atom stereocenters. The maximum atomic E-state index is 12.3. The van der Waals surface area contributed by atoms with Crippen LogP contribution in [0.1, 0.15) is 29.7 Å². The Balaban J connectivity index is 0.000000817. The van der Waals surface area contributed by atoms with Gasteiger partial charge in [-0.1, -0.05) is 30.3 Å². The van der Waals surface area contributed by atoms with E-state index in [4.69, 9.17) is 14.4 Å². The molecule has 3 aromatic rings. The molecule has 1 amide bonds. The average Bonchev–Trinajstić information content (AvgIpc) is 3.22. The van der Waals surface area contributed by atoms with Gasteiger partial charge in [0.25, 0.3) is 6.47 Å². The summed E-state index contributed by atoms with van der Waals surface area (Å²) in [7, 11) is 0. The summed E-state index contributed by atoms with van der Waals surface area (Å²) in [5, 5.41) is 17.8. The molecule has 1 aromatic carbocycles. The number of hydrogen-bond acceptors (Lipinski definition) is 6. The molecule has 27 heavy (non-hydrogen) atoms. The Hall–Kier alpha value is -3.49. The number of carbonyl (C=O) groups excluding carboxylic acids is 1. The van der Waals surface area contributed by atoms with Gasteiger partial charge in [0.2, 0.25) is 5.91 Å². The molecular weight excluding hydrogens is 350 g/mol. The van der Waals surface area contributed by atoms with Crippen molar-refractivity contribution in [2.45, 2.75) is 33.6 Å². The third-order valence-electron chi connectivity index (χ3n) is 3.81. The number of para-hydroxylation sites is 1. The number of rotatable bonds is 5. The SMILES string of the molecule is CCc1noc(NC(=O)Cc2c(C)nn(-c3ccccc3)c2C)n1.O=CO. The number of nitrogens with one attached hydrogen (secondary N) is 1. The molecule has 2 aromatic heterocycles. The van der Waals surface area contributed by atoms with E-state index < -0.39 is 0 Å². The molecule has 0 saturated carbocycles. The van der Waals surface area contributed by atoms with E-state index in [9.17, 15) is 4.79 Å². The van der Waals surface area contributed by atoms with Crippen LogP contribution in [0.15, 0.2) is 34.9 Å². The van der Waals surface area contributed by atoms with Gasteiger partial charge in [0, 0.05) is 17.7 Å². The molecule has 0 bridgehead atoms. The molecule has 0 aliphatic heterocycles. The van der Waals surface area contributed by atoms with Crippen molar-refractivity contribution in [2.75, 3.05) is 5.32 Å². The third kappa shape index (κ3) is 5.00. The molecule has 9 heteroatoms. The number of nitrogens with zero attached hydrogens (tertiary/aromatic N) is 4. The molecule has 0 unspecified atom stereocenters. The van der Waals surface area contributed by atoms with Gasteiger partial charge in [-0.2, -0.15) is 10.1 Å². The van der Waals surface area contributed by atoms with Crippen LogP contribution in [0.2, 0.25) is 0 Å². The molecule has 2 heterocycles. The van der Waals surface area contributed by atoms with Crippen molar-refractivity contribution in [3.8, 4) is 5.69 Å². The van der Waals surface area contributed by atoms with Gasteiger partial charge in [-0.05, 0) is 26.0 Å². The summed E-state index contributed by atoms with van der Waals surface area (Å²) in [6.07, 6.45) is 0.857. The van der Waals surface area contributed by atoms with Gasteiger partial charge in [-0.15, -0.1) is 0 Å². The predicted molar refractivity (Wildman–Crippen MR) is 97.7 cm³/mol. The number of benzene rings is 1. The van der Waals surface area contributed by atoms with Crippen LogP contribution in [0.4, 0.5) is 6.01 Å². The van der Waals surface area contributed by atoms with Gasteiger partial charge in [0.1, 0.15) is 0 Å². The van der Waals surface area contributed by atoms with Crippen molar-refractivity contribution < 1.29 is 19.2 Å². The number of carboxylic acid groups (broad SMARTS) is 1. The Morgan fingerprint density at radius 3 is 2.56 bits per heavy atom. The smallest absolute Gasteiger partial charge is 0.328 e. The van der Waals surface area contributed by atoms with Crippen molar-refractivity contribution in [3.63, 3.8) is 0 Å². The highest BCUT2D eigenvalue weighted by molar-refractivity contribution is 5.90. The van der Waals surface area contributed by atoms with Crippen molar-refractivity contribution in [2.24, 2.45) is 0 Å². The van der Waals surface area contributed by atoms with Crippen LogP contribution in [0.3, 0.4) is 0 Å². The Bertz CT molecular complexity index is 902. The Morgan fingerprint density at radius 1 is 1.30 bits per heavy atom. The molecule has 0 fully saturated rings. The average molecular weight is 371 g/mol. The van der Waals surface area contributed by atoms with Crippen LogP contribution in [0.25, 0.3) is 5.69 Å². The van der Waals surface area contributed by atoms with E-state index in [0.29, 0.717) is 12.2 Å². The van der Waals surface area contributed by atoms with Crippen molar-refractivity contribution >= 4 is 18.4 Å². The number of amides is 1.